The van der Waals surface area contributed by atoms with Crippen LogP contribution in [0.2, 0.25) is 0 Å². The summed E-state index contributed by atoms with van der Waals surface area (Å²) in [5.74, 6) is 2.25. The van der Waals surface area contributed by atoms with E-state index in [-0.39, 0.29) is 0 Å². The first kappa shape index (κ1) is 13.1. The van der Waals surface area contributed by atoms with Crippen molar-refractivity contribution in [2.45, 2.75) is 39.2 Å². The van der Waals surface area contributed by atoms with Crippen LogP contribution >= 0.6 is 0 Å². The molecule has 2 rings (SSSR count). The number of aromatic nitrogens is 2. The number of nitrogens with one attached hydrogen (secondary N) is 2. The topological polar surface area (TPSA) is 59.1 Å². The largest absolute Gasteiger partial charge is 0.478 e. The van der Waals surface area contributed by atoms with Gasteiger partial charge in [0.15, 0.2) is 0 Å². The van der Waals surface area contributed by atoms with Crippen LogP contribution in [-0.2, 0) is 0 Å². The van der Waals surface area contributed by atoms with Crippen molar-refractivity contribution in [3.63, 3.8) is 0 Å². The van der Waals surface area contributed by atoms with Crippen molar-refractivity contribution < 1.29 is 4.74 Å². The molecule has 100 valence electrons. The minimum absolute atomic E-state index is 0.441. The monoisotopic (exact) mass is 250 g/mol. The molecule has 1 aliphatic heterocycles. The Balaban J connectivity index is 2.02. The molecule has 0 aromatic carbocycles. The van der Waals surface area contributed by atoms with Crippen LogP contribution in [0.4, 0.5) is 5.82 Å². The Bertz CT molecular complexity index is 375. The average Bonchev–Trinajstić information content (AvgIpc) is 2.57. The minimum atomic E-state index is 0.441. The number of nitrogens with zero attached hydrogens (tertiary/aromatic N) is 2. The van der Waals surface area contributed by atoms with Crippen LogP contribution in [0.1, 0.15) is 32.0 Å². The van der Waals surface area contributed by atoms with E-state index in [1.807, 2.05) is 19.9 Å². The maximum Gasteiger partial charge on any atom is 0.218 e. The summed E-state index contributed by atoms with van der Waals surface area (Å²) < 4.78 is 5.43. The summed E-state index contributed by atoms with van der Waals surface area (Å²) in [5.41, 5.74) is 0. The molecule has 0 spiro atoms. The smallest absolute Gasteiger partial charge is 0.218 e. The van der Waals surface area contributed by atoms with Gasteiger partial charge in [-0.3, -0.25) is 0 Å². The second-order valence-corrected chi connectivity index (χ2v) is 4.61. The van der Waals surface area contributed by atoms with Crippen LogP contribution in [0.25, 0.3) is 0 Å². The lowest BCUT2D eigenvalue weighted by atomic mass is 10.1. The van der Waals surface area contributed by atoms with Gasteiger partial charge in [-0.25, -0.2) is 4.98 Å². The highest BCUT2D eigenvalue weighted by molar-refractivity contribution is 5.39. The van der Waals surface area contributed by atoms with Crippen molar-refractivity contribution in [2.75, 3.05) is 25.0 Å². The molecule has 1 fully saturated rings. The number of hydrogen-bond acceptors (Lipinski definition) is 5. The van der Waals surface area contributed by atoms with Crippen molar-refractivity contribution in [2.24, 2.45) is 0 Å². The zero-order chi connectivity index (χ0) is 12.8. The maximum atomic E-state index is 5.43. The van der Waals surface area contributed by atoms with E-state index in [0.29, 0.717) is 18.5 Å². The second kappa shape index (κ2) is 6.54. The lowest BCUT2D eigenvalue weighted by molar-refractivity contribution is 0.325. The fraction of sp³-hybridized carbons (Fsp3) is 0.692. The Labute approximate surface area is 108 Å². The van der Waals surface area contributed by atoms with E-state index in [1.54, 1.807) is 0 Å². The molecule has 1 unspecified atom stereocenters. The fourth-order valence-corrected chi connectivity index (χ4v) is 2.19. The number of aryl methyl sites for hydroxylation is 1. The Morgan fingerprint density at radius 1 is 1.44 bits per heavy atom. The van der Waals surface area contributed by atoms with Gasteiger partial charge in [0.25, 0.3) is 0 Å². The lowest BCUT2D eigenvalue weighted by Crippen LogP contribution is -2.31. The zero-order valence-corrected chi connectivity index (χ0v) is 11.2. The molecule has 2 N–H and O–H groups in total. The number of rotatable bonds is 4. The second-order valence-electron chi connectivity index (χ2n) is 4.61. The first-order valence-electron chi connectivity index (χ1n) is 6.73. The molecule has 0 saturated carbocycles. The molecule has 5 heteroatoms. The highest BCUT2D eigenvalue weighted by atomic mass is 16.5. The van der Waals surface area contributed by atoms with Crippen LogP contribution in [0.3, 0.4) is 0 Å². The van der Waals surface area contributed by atoms with Crippen LogP contribution in [0.5, 0.6) is 5.88 Å². The number of ether oxygens (including phenoxy) is 1. The van der Waals surface area contributed by atoms with Gasteiger partial charge >= 0.3 is 0 Å². The van der Waals surface area contributed by atoms with Crippen LogP contribution in [-0.4, -0.2) is 35.7 Å². The normalized spacial score (nSPS) is 20.2. The van der Waals surface area contributed by atoms with E-state index in [9.17, 15) is 0 Å². The molecular formula is C13H22N4O. The third-order valence-corrected chi connectivity index (χ3v) is 3.01. The molecule has 5 nitrogen and oxygen atoms in total. The molecule has 1 saturated heterocycles. The van der Waals surface area contributed by atoms with Crippen LogP contribution in [0.15, 0.2) is 6.07 Å². The van der Waals surface area contributed by atoms with E-state index in [4.69, 9.17) is 4.74 Å². The van der Waals surface area contributed by atoms with Crippen molar-refractivity contribution in [1.29, 1.82) is 0 Å². The van der Waals surface area contributed by atoms with Gasteiger partial charge in [-0.2, -0.15) is 4.98 Å². The molecule has 1 aliphatic rings. The van der Waals surface area contributed by atoms with Gasteiger partial charge in [-0.15, -0.1) is 0 Å². The predicted octanol–water partition coefficient (Wildman–Crippen LogP) is 1.74. The Kier molecular flexibility index (Phi) is 4.75. The van der Waals surface area contributed by atoms with Gasteiger partial charge in [0.05, 0.1) is 6.61 Å². The molecule has 1 aromatic rings. The van der Waals surface area contributed by atoms with E-state index < -0.39 is 0 Å². The van der Waals surface area contributed by atoms with Crippen LogP contribution in [0, 0.1) is 6.92 Å². The summed E-state index contributed by atoms with van der Waals surface area (Å²) >= 11 is 0. The SMILES string of the molecule is CCOc1cc(NC2CCCCNC2)nc(C)n1. The van der Waals surface area contributed by atoms with Gasteiger partial charge in [-0.05, 0) is 33.2 Å². The minimum Gasteiger partial charge on any atom is -0.478 e. The number of hydrogen-bond donors (Lipinski definition) is 2. The molecule has 0 aliphatic carbocycles. The van der Waals surface area contributed by atoms with Crippen molar-refractivity contribution in [1.82, 2.24) is 15.3 Å². The lowest BCUT2D eigenvalue weighted by Gasteiger charge is -2.17. The fourth-order valence-electron chi connectivity index (χ4n) is 2.19. The maximum absolute atomic E-state index is 5.43. The summed E-state index contributed by atoms with van der Waals surface area (Å²) in [6, 6.07) is 2.32. The third-order valence-electron chi connectivity index (χ3n) is 3.01. The van der Waals surface area contributed by atoms with Crippen molar-refractivity contribution >= 4 is 5.82 Å². The first-order chi connectivity index (χ1) is 8.78. The average molecular weight is 250 g/mol. The van der Waals surface area contributed by atoms with Crippen LogP contribution < -0.4 is 15.4 Å². The molecule has 18 heavy (non-hydrogen) atoms. The molecule has 2 heterocycles. The first-order valence-corrected chi connectivity index (χ1v) is 6.73. The van der Waals surface area contributed by atoms with E-state index in [1.165, 1.54) is 19.3 Å². The van der Waals surface area contributed by atoms with Crippen molar-refractivity contribution in [3.8, 4) is 5.88 Å². The van der Waals surface area contributed by atoms with E-state index >= 15 is 0 Å². The van der Waals surface area contributed by atoms with Gasteiger partial charge in [0.1, 0.15) is 11.6 Å². The Hall–Kier alpha value is -1.36. The molecule has 1 atom stereocenters. The van der Waals surface area contributed by atoms with Gasteiger partial charge < -0.3 is 15.4 Å². The quantitative estimate of drug-likeness (QED) is 0.852. The zero-order valence-electron chi connectivity index (χ0n) is 11.2. The standard InChI is InChI=1S/C13H22N4O/c1-3-18-13-8-12(15-10(2)16-13)17-11-6-4-5-7-14-9-11/h8,11,14H,3-7,9H2,1-2H3,(H,15,16,17). The Morgan fingerprint density at radius 2 is 2.33 bits per heavy atom. The van der Waals surface area contributed by atoms with E-state index in [2.05, 4.69) is 20.6 Å². The molecule has 1 aromatic heterocycles. The Morgan fingerprint density at radius 3 is 3.17 bits per heavy atom. The van der Waals surface area contributed by atoms with E-state index in [0.717, 1.165) is 24.7 Å². The van der Waals surface area contributed by atoms with Gasteiger partial charge in [0, 0.05) is 18.7 Å². The molecular weight excluding hydrogens is 228 g/mol. The van der Waals surface area contributed by atoms with Gasteiger partial charge in [-0.1, -0.05) is 6.42 Å². The predicted molar refractivity (Wildman–Crippen MR) is 72.1 cm³/mol. The summed E-state index contributed by atoms with van der Waals surface area (Å²) in [6.45, 7) is 6.58. The molecule has 0 bridgehead atoms. The summed E-state index contributed by atoms with van der Waals surface area (Å²) in [4.78, 5) is 8.66. The molecule has 0 radical (unpaired) electrons. The van der Waals surface area contributed by atoms with Crippen molar-refractivity contribution in [3.05, 3.63) is 11.9 Å². The highest BCUT2D eigenvalue weighted by Crippen LogP contribution is 2.16. The summed E-state index contributed by atoms with van der Waals surface area (Å²) in [7, 11) is 0. The summed E-state index contributed by atoms with van der Waals surface area (Å²) in [5, 5.41) is 6.90. The highest BCUT2D eigenvalue weighted by Gasteiger charge is 2.13. The molecule has 0 amide bonds. The van der Waals surface area contributed by atoms with Gasteiger partial charge in [0.2, 0.25) is 5.88 Å². The number of anilines is 1. The third kappa shape index (κ3) is 3.84. The summed E-state index contributed by atoms with van der Waals surface area (Å²) in [6.07, 6.45) is 3.69.